The van der Waals surface area contributed by atoms with Crippen LogP contribution in [0.1, 0.15) is 39.5 Å². The van der Waals surface area contributed by atoms with Crippen molar-refractivity contribution in [2.45, 2.75) is 23.8 Å². The van der Waals surface area contributed by atoms with Crippen molar-refractivity contribution >= 4 is 40.6 Å². The summed E-state index contributed by atoms with van der Waals surface area (Å²) in [7, 11) is 0. The fourth-order valence-corrected chi connectivity index (χ4v) is 4.97. The topological polar surface area (TPSA) is 158 Å². The number of anilines is 2. The van der Waals surface area contributed by atoms with Gasteiger partial charge in [-0.05, 0) is 83.7 Å². The van der Waals surface area contributed by atoms with E-state index in [2.05, 4.69) is 22.0 Å². The third kappa shape index (κ3) is 6.87. The maximum absolute atomic E-state index is 13.7. The molecule has 4 rings (SSSR count). The summed E-state index contributed by atoms with van der Waals surface area (Å²) in [6.07, 6.45) is 1.40. The van der Waals surface area contributed by atoms with Crippen LogP contribution in [-0.4, -0.2) is 51.9 Å². The number of fused-ring (bicyclic) bond motifs is 1. The van der Waals surface area contributed by atoms with Crippen LogP contribution in [0.25, 0.3) is 0 Å². The number of carboxylic acid groups (broad SMARTS) is 1. The van der Waals surface area contributed by atoms with Crippen LogP contribution in [0.3, 0.4) is 0 Å². The van der Waals surface area contributed by atoms with Crippen molar-refractivity contribution in [3.05, 3.63) is 89.0 Å². The Bertz CT molecular complexity index is 1400. The fourth-order valence-electron chi connectivity index (χ4n) is 4.45. The maximum Gasteiger partial charge on any atom is 0.404 e. The molecule has 1 aliphatic rings. The van der Waals surface area contributed by atoms with Crippen LogP contribution in [-0.2, 0) is 17.6 Å². The molecule has 3 aromatic carbocycles. The smallest absolute Gasteiger partial charge is 0.404 e. The summed E-state index contributed by atoms with van der Waals surface area (Å²) >= 11 is -1.12. The van der Waals surface area contributed by atoms with E-state index in [1.54, 1.807) is 59.7 Å². The van der Waals surface area contributed by atoms with Gasteiger partial charge < -0.3 is 30.5 Å². The molecular formula is C28H27N5O5S. The van der Waals surface area contributed by atoms with Crippen molar-refractivity contribution in [1.29, 1.82) is 5.26 Å². The SMILES string of the molecule is C[S+]([O-])c1ccc(NC(=O)Nc2ccc3c(c2)C(=O)N(CCCNC(=O)O)[C@@H](c2ccc(C#N)cc2)C3)cc1. The second kappa shape index (κ2) is 12.3. The van der Waals surface area contributed by atoms with E-state index in [0.29, 0.717) is 46.8 Å². The van der Waals surface area contributed by atoms with Gasteiger partial charge in [0.25, 0.3) is 5.91 Å². The van der Waals surface area contributed by atoms with Crippen LogP contribution in [0.5, 0.6) is 0 Å². The lowest BCUT2D eigenvalue weighted by atomic mass is 9.88. The lowest BCUT2D eigenvalue weighted by molar-refractivity contribution is 0.0645. The minimum Gasteiger partial charge on any atom is -0.612 e. The average molecular weight is 546 g/mol. The number of urea groups is 1. The number of benzene rings is 3. The van der Waals surface area contributed by atoms with Gasteiger partial charge in [0.15, 0.2) is 4.90 Å². The first-order valence-electron chi connectivity index (χ1n) is 12.2. The van der Waals surface area contributed by atoms with Crippen molar-refractivity contribution in [2.75, 3.05) is 30.0 Å². The van der Waals surface area contributed by atoms with E-state index in [1.807, 2.05) is 18.2 Å². The van der Waals surface area contributed by atoms with Crippen molar-refractivity contribution in [3.63, 3.8) is 0 Å². The molecule has 0 spiro atoms. The zero-order chi connectivity index (χ0) is 27.9. The van der Waals surface area contributed by atoms with E-state index in [-0.39, 0.29) is 18.5 Å². The molecule has 10 nitrogen and oxygen atoms in total. The molecule has 1 unspecified atom stereocenters. The Hall–Kier alpha value is -4.53. The largest absolute Gasteiger partial charge is 0.612 e. The van der Waals surface area contributed by atoms with Gasteiger partial charge in [-0.3, -0.25) is 4.79 Å². The molecule has 1 heterocycles. The molecule has 200 valence electrons. The standard InChI is InChI=1S/C28H27N5O5S/c1-39(38)23-11-9-21(10-12-23)31-27(35)32-22-8-7-20-15-25(19-5-3-18(17-29)4-6-19)33(26(34)24(20)16-22)14-2-13-30-28(36)37/h3-12,16,25,30H,2,13-15H2,1H3,(H,36,37)(H2,31,32,35)/t25-,39?/m1/s1. The van der Waals surface area contributed by atoms with Crippen molar-refractivity contribution in [2.24, 2.45) is 0 Å². The Labute approximate surface area is 228 Å². The second-order valence-corrected chi connectivity index (χ2v) is 10.3. The van der Waals surface area contributed by atoms with Gasteiger partial charge in [0.05, 0.1) is 17.7 Å². The number of rotatable bonds is 8. The number of carbonyl (C=O) groups is 3. The Kier molecular flexibility index (Phi) is 8.70. The predicted molar refractivity (Wildman–Crippen MR) is 147 cm³/mol. The summed E-state index contributed by atoms with van der Waals surface area (Å²) in [5, 5.41) is 25.8. The summed E-state index contributed by atoms with van der Waals surface area (Å²) in [6, 6.07) is 20.2. The Morgan fingerprint density at radius 2 is 1.74 bits per heavy atom. The molecular weight excluding hydrogens is 518 g/mol. The highest BCUT2D eigenvalue weighted by atomic mass is 32.2. The minimum atomic E-state index is -1.13. The Morgan fingerprint density at radius 1 is 1.08 bits per heavy atom. The molecule has 0 radical (unpaired) electrons. The van der Waals surface area contributed by atoms with E-state index in [1.165, 1.54) is 0 Å². The van der Waals surface area contributed by atoms with Crippen LogP contribution in [0.2, 0.25) is 0 Å². The summed E-state index contributed by atoms with van der Waals surface area (Å²) < 4.78 is 11.6. The number of hydrogen-bond donors (Lipinski definition) is 4. The van der Waals surface area contributed by atoms with Gasteiger partial charge in [-0.25, -0.2) is 9.59 Å². The van der Waals surface area contributed by atoms with Gasteiger partial charge >= 0.3 is 12.1 Å². The minimum absolute atomic E-state index is 0.197. The normalized spacial score (nSPS) is 15.1. The summed E-state index contributed by atoms with van der Waals surface area (Å²) in [6.45, 7) is 0.517. The third-order valence-electron chi connectivity index (χ3n) is 6.37. The molecule has 39 heavy (non-hydrogen) atoms. The number of nitriles is 1. The van der Waals surface area contributed by atoms with Gasteiger partial charge in [0.2, 0.25) is 0 Å². The number of amides is 4. The molecule has 0 saturated heterocycles. The van der Waals surface area contributed by atoms with Crippen molar-refractivity contribution in [1.82, 2.24) is 10.2 Å². The Balaban J connectivity index is 1.52. The third-order valence-corrected chi connectivity index (χ3v) is 7.31. The molecule has 1 aliphatic heterocycles. The zero-order valence-corrected chi connectivity index (χ0v) is 22.0. The average Bonchev–Trinajstić information content (AvgIpc) is 2.92. The number of nitrogens with one attached hydrogen (secondary N) is 3. The molecule has 0 fully saturated rings. The first-order valence-corrected chi connectivity index (χ1v) is 13.7. The molecule has 2 atom stereocenters. The van der Waals surface area contributed by atoms with E-state index >= 15 is 0 Å². The van der Waals surface area contributed by atoms with Gasteiger partial charge in [0.1, 0.15) is 6.26 Å². The summed E-state index contributed by atoms with van der Waals surface area (Å²) in [5.74, 6) is -0.229. The maximum atomic E-state index is 13.7. The molecule has 4 N–H and O–H groups in total. The van der Waals surface area contributed by atoms with Crippen molar-refractivity contribution < 1.29 is 24.0 Å². The van der Waals surface area contributed by atoms with Crippen LogP contribution in [0.15, 0.2) is 71.6 Å². The van der Waals surface area contributed by atoms with Crippen LogP contribution >= 0.6 is 0 Å². The number of nitrogens with zero attached hydrogens (tertiary/aromatic N) is 2. The van der Waals surface area contributed by atoms with Crippen LogP contribution in [0.4, 0.5) is 21.0 Å². The monoisotopic (exact) mass is 545 g/mol. The highest BCUT2D eigenvalue weighted by Gasteiger charge is 2.33. The molecule has 0 aliphatic carbocycles. The van der Waals surface area contributed by atoms with E-state index < -0.39 is 23.3 Å². The van der Waals surface area contributed by atoms with Crippen molar-refractivity contribution in [3.8, 4) is 6.07 Å². The quantitative estimate of drug-likeness (QED) is 0.244. The van der Waals surface area contributed by atoms with Crippen LogP contribution in [0, 0.1) is 11.3 Å². The Morgan fingerprint density at radius 3 is 2.38 bits per heavy atom. The van der Waals surface area contributed by atoms with Gasteiger partial charge in [-0.2, -0.15) is 5.26 Å². The first-order chi connectivity index (χ1) is 18.7. The van der Waals surface area contributed by atoms with Gasteiger partial charge in [-0.1, -0.05) is 18.2 Å². The number of hydrogen-bond acceptors (Lipinski definition) is 5. The van der Waals surface area contributed by atoms with Gasteiger partial charge in [0, 0.05) is 30.0 Å². The van der Waals surface area contributed by atoms with Gasteiger partial charge in [-0.15, -0.1) is 0 Å². The molecule has 4 amide bonds. The lowest BCUT2D eigenvalue weighted by Gasteiger charge is -2.37. The summed E-state index contributed by atoms with van der Waals surface area (Å²) in [4.78, 5) is 39.4. The highest BCUT2D eigenvalue weighted by molar-refractivity contribution is 7.90. The van der Waals surface area contributed by atoms with E-state index in [9.17, 15) is 18.9 Å². The van der Waals surface area contributed by atoms with E-state index in [4.69, 9.17) is 10.4 Å². The zero-order valence-electron chi connectivity index (χ0n) is 21.1. The predicted octanol–water partition coefficient (Wildman–Crippen LogP) is 4.34. The first kappa shape index (κ1) is 27.5. The highest BCUT2D eigenvalue weighted by Crippen LogP contribution is 2.34. The summed E-state index contributed by atoms with van der Waals surface area (Å²) in [5.41, 5.74) is 3.64. The molecule has 0 aromatic heterocycles. The molecule has 11 heteroatoms. The molecule has 0 bridgehead atoms. The van der Waals surface area contributed by atoms with E-state index in [0.717, 1.165) is 11.1 Å². The fraction of sp³-hybridized carbons (Fsp3) is 0.214. The number of carbonyl (C=O) groups excluding carboxylic acids is 2. The molecule has 3 aromatic rings. The second-order valence-electron chi connectivity index (χ2n) is 8.97. The lowest BCUT2D eigenvalue weighted by Crippen LogP contribution is -2.42. The van der Waals surface area contributed by atoms with Crippen LogP contribution < -0.4 is 16.0 Å². The molecule has 0 saturated carbocycles.